The number of amides is 1. The minimum absolute atomic E-state index is 0.125. The predicted molar refractivity (Wildman–Crippen MR) is 131 cm³/mol. The number of hydrogen-bond donors (Lipinski definition) is 2. The summed E-state index contributed by atoms with van der Waals surface area (Å²) in [7, 11) is 3.57. The number of carbonyl (C=O) groups is 2. The van der Waals surface area contributed by atoms with Crippen LogP contribution in [0.25, 0.3) is 0 Å². The fourth-order valence-electron chi connectivity index (χ4n) is 3.74. The summed E-state index contributed by atoms with van der Waals surface area (Å²) < 4.78 is 0. The van der Waals surface area contributed by atoms with E-state index in [4.69, 9.17) is 5.11 Å². The first-order chi connectivity index (χ1) is 15.0. The van der Waals surface area contributed by atoms with Gasteiger partial charge in [0.2, 0.25) is 5.91 Å². The Morgan fingerprint density at radius 1 is 0.806 bits per heavy atom. The molecule has 2 N–H and O–H groups in total. The molecule has 0 radical (unpaired) electrons. The highest BCUT2D eigenvalue weighted by molar-refractivity contribution is 5.75. The molecule has 0 rings (SSSR count). The zero-order valence-electron chi connectivity index (χ0n) is 20.7. The monoisotopic (exact) mass is 438 g/mol. The summed E-state index contributed by atoms with van der Waals surface area (Å²) in [5, 5.41) is 12.1. The Balaban J connectivity index is 3.39. The predicted octanol–water partition coefficient (Wildman–Crippen LogP) is 6.33. The van der Waals surface area contributed by atoms with Crippen molar-refractivity contribution >= 4 is 11.9 Å². The van der Waals surface area contributed by atoms with Crippen LogP contribution in [0.4, 0.5) is 0 Å². The van der Waals surface area contributed by atoms with Crippen LogP contribution < -0.4 is 5.32 Å². The highest BCUT2D eigenvalue weighted by atomic mass is 16.4. The third kappa shape index (κ3) is 20.3. The van der Waals surface area contributed by atoms with Crippen LogP contribution in [0.1, 0.15) is 116 Å². The van der Waals surface area contributed by atoms with Crippen LogP contribution in [0.15, 0.2) is 12.2 Å². The van der Waals surface area contributed by atoms with Gasteiger partial charge in [-0.3, -0.25) is 14.5 Å². The maximum absolute atomic E-state index is 11.9. The first-order valence-electron chi connectivity index (χ1n) is 12.8. The summed E-state index contributed by atoms with van der Waals surface area (Å²) in [4.78, 5) is 24.7. The van der Waals surface area contributed by atoms with Crippen LogP contribution in [0.2, 0.25) is 0 Å². The molecule has 0 fully saturated rings. The topological polar surface area (TPSA) is 69.6 Å². The average molecular weight is 439 g/mol. The molecule has 0 unspecified atom stereocenters. The maximum Gasteiger partial charge on any atom is 0.320 e. The summed E-state index contributed by atoms with van der Waals surface area (Å²) in [6.07, 6.45) is 24.0. The van der Waals surface area contributed by atoms with Gasteiger partial charge in [0, 0.05) is 13.0 Å². The molecule has 0 bridgehead atoms. The zero-order chi connectivity index (χ0) is 23.2. The third-order valence-corrected chi connectivity index (χ3v) is 5.80. The zero-order valence-corrected chi connectivity index (χ0v) is 20.7. The van der Waals surface area contributed by atoms with Crippen LogP contribution in [0.5, 0.6) is 0 Å². The van der Waals surface area contributed by atoms with E-state index in [2.05, 4.69) is 24.4 Å². The Morgan fingerprint density at radius 2 is 1.35 bits per heavy atom. The second kappa shape index (κ2) is 21.9. The summed E-state index contributed by atoms with van der Waals surface area (Å²) in [6, 6.07) is -0.438. The van der Waals surface area contributed by atoms with E-state index in [1.807, 2.05) is 0 Å². The average Bonchev–Trinajstić information content (AvgIpc) is 2.72. The lowest BCUT2D eigenvalue weighted by Gasteiger charge is -2.19. The summed E-state index contributed by atoms with van der Waals surface area (Å²) in [6.45, 7) is 2.90. The summed E-state index contributed by atoms with van der Waals surface area (Å²) in [5.74, 6) is -0.654. The van der Waals surface area contributed by atoms with Gasteiger partial charge >= 0.3 is 5.97 Å². The number of unbranched alkanes of at least 4 members (excludes halogenated alkanes) is 12. The lowest BCUT2D eigenvalue weighted by Crippen LogP contribution is -2.35. The van der Waals surface area contributed by atoms with Crippen molar-refractivity contribution in [3.63, 3.8) is 0 Å². The number of likely N-dealkylation sites (N-methyl/N-ethyl adjacent to an activating group) is 1. The number of nitrogens with zero attached hydrogens (tertiary/aromatic N) is 1. The first kappa shape index (κ1) is 29.6. The number of carbonyl (C=O) groups excluding carboxylic acids is 1. The number of allylic oxidation sites excluding steroid dienone is 2. The van der Waals surface area contributed by atoms with Crippen LogP contribution in [0.3, 0.4) is 0 Å². The van der Waals surface area contributed by atoms with Gasteiger partial charge in [-0.05, 0) is 65.5 Å². The van der Waals surface area contributed by atoms with Gasteiger partial charge in [-0.25, -0.2) is 0 Å². The molecule has 0 aliphatic heterocycles. The number of rotatable bonds is 22. The van der Waals surface area contributed by atoms with E-state index in [-0.39, 0.29) is 5.91 Å². The quantitative estimate of drug-likeness (QED) is 0.153. The number of carboxylic acid groups (broad SMARTS) is 1. The molecule has 5 nitrogen and oxygen atoms in total. The van der Waals surface area contributed by atoms with Crippen molar-refractivity contribution in [3.05, 3.63) is 12.2 Å². The largest absolute Gasteiger partial charge is 0.480 e. The molecule has 0 heterocycles. The molecule has 0 spiro atoms. The lowest BCUT2D eigenvalue weighted by molar-refractivity contribution is -0.142. The van der Waals surface area contributed by atoms with E-state index < -0.39 is 12.0 Å². The second-order valence-corrected chi connectivity index (χ2v) is 9.00. The van der Waals surface area contributed by atoms with Gasteiger partial charge in [0.25, 0.3) is 0 Å². The molecule has 1 atom stereocenters. The van der Waals surface area contributed by atoms with E-state index in [0.29, 0.717) is 19.4 Å². The Kier molecular flexibility index (Phi) is 20.9. The normalized spacial score (nSPS) is 12.5. The van der Waals surface area contributed by atoms with Gasteiger partial charge in [-0.2, -0.15) is 0 Å². The van der Waals surface area contributed by atoms with Gasteiger partial charge in [0.05, 0.1) is 0 Å². The molecule has 182 valence electrons. The minimum atomic E-state index is -0.779. The molecular formula is C26H50N2O3. The highest BCUT2D eigenvalue weighted by Gasteiger charge is 2.18. The smallest absolute Gasteiger partial charge is 0.320 e. The standard InChI is InChI=1S/C26H50N2O3/c1-4-5-6-7-8-9-10-11-12-13-14-15-16-17-18-22-25(29)27-23-20-19-21-24(26(30)31)28(2)3/h11-12,24H,4-10,13-23H2,1-3H3,(H,27,29)(H,30,31)/b12-11+/t24-/m0/s1. The lowest BCUT2D eigenvalue weighted by atomic mass is 10.1. The highest BCUT2D eigenvalue weighted by Crippen LogP contribution is 2.10. The number of carboxylic acids is 1. The molecule has 0 saturated carbocycles. The van der Waals surface area contributed by atoms with Crippen molar-refractivity contribution in [1.82, 2.24) is 10.2 Å². The molecule has 31 heavy (non-hydrogen) atoms. The first-order valence-corrected chi connectivity index (χ1v) is 12.8. The molecule has 0 aromatic heterocycles. The second-order valence-electron chi connectivity index (χ2n) is 9.00. The maximum atomic E-state index is 11.9. The van der Waals surface area contributed by atoms with Crippen molar-refractivity contribution in [2.75, 3.05) is 20.6 Å². The number of aliphatic carboxylic acids is 1. The van der Waals surface area contributed by atoms with Crippen molar-refractivity contribution < 1.29 is 14.7 Å². The Morgan fingerprint density at radius 3 is 1.90 bits per heavy atom. The SMILES string of the molecule is CCCCCCCC/C=C/CCCCCCCC(=O)NCCCC[C@@H](C(=O)O)N(C)C. The molecule has 0 aromatic rings. The fraction of sp³-hybridized carbons (Fsp3) is 0.846. The van der Waals surface area contributed by atoms with Gasteiger partial charge < -0.3 is 10.4 Å². The number of hydrogen-bond acceptors (Lipinski definition) is 3. The minimum Gasteiger partial charge on any atom is -0.480 e. The van der Waals surface area contributed by atoms with E-state index in [0.717, 1.165) is 25.7 Å². The number of nitrogens with one attached hydrogen (secondary N) is 1. The van der Waals surface area contributed by atoms with Crippen molar-refractivity contribution in [1.29, 1.82) is 0 Å². The van der Waals surface area contributed by atoms with E-state index in [9.17, 15) is 9.59 Å². The van der Waals surface area contributed by atoms with E-state index in [1.165, 1.54) is 70.6 Å². The molecular weight excluding hydrogens is 388 g/mol. The Bertz CT molecular complexity index is 464. The van der Waals surface area contributed by atoms with Crippen molar-refractivity contribution in [2.24, 2.45) is 0 Å². The molecule has 1 amide bonds. The van der Waals surface area contributed by atoms with Crippen LogP contribution in [-0.4, -0.2) is 48.6 Å². The molecule has 0 aliphatic carbocycles. The van der Waals surface area contributed by atoms with Gasteiger partial charge in [-0.1, -0.05) is 70.4 Å². The van der Waals surface area contributed by atoms with Gasteiger partial charge in [0.1, 0.15) is 6.04 Å². The van der Waals surface area contributed by atoms with Crippen molar-refractivity contribution in [2.45, 2.75) is 122 Å². The van der Waals surface area contributed by atoms with E-state index in [1.54, 1.807) is 19.0 Å². The van der Waals surface area contributed by atoms with Crippen LogP contribution in [0, 0.1) is 0 Å². The third-order valence-electron chi connectivity index (χ3n) is 5.80. The summed E-state index contributed by atoms with van der Waals surface area (Å²) in [5.41, 5.74) is 0. The molecule has 0 aliphatic rings. The Hall–Kier alpha value is -1.36. The molecule has 0 aromatic carbocycles. The Labute approximate surface area is 192 Å². The molecule has 0 saturated heterocycles. The van der Waals surface area contributed by atoms with Crippen LogP contribution in [-0.2, 0) is 9.59 Å². The van der Waals surface area contributed by atoms with E-state index >= 15 is 0 Å². The fourth-order valence-corrected chi connectivity index (χ4v) is 3.74. The van der Waals surface area contributed by atoms with Gasteiger partial charge in [0.15, 0.2) is 0 Å². The van der Waals surface area contributed by atoms with Gasteiger partial charge in [-0.15, -0.1) is 0 Å². The molecule has 5 heteroatoms. The van der Waals surface area contributed by atoms with Crippen LogP contribution >= 0.6 is 0 Å². The summed E-state index contributed by atoms with van der Waals surface area (Å²) >= 11 is 0. The van der Waals surface area contributed by atoms with Crippen molar-refractivity contribution in [3.8, 4) is 0 Å².